The minimum atomic E-state index is -0.671. The Hall–Kier alpha value is -3.08. The lowest BCUT2D eigenvalue weighted by molar-refractivity contribution is 0.102. The maximum Gasteiger partial charge on any atom is 0.349 e. The number of hydrogen-bond acceptors (Lipinski definition) is 4. The molecule has 1 aromatic heterocycles. The average molecular weight is 351 g/mol. The standard InChI is InChI=1S/C21H21NO4/c1-4-13-7-6-8-14(5-2)19(13)22-20(23)17-11-15-9-10-16(25-3)12-18(15)26-21(17)24/h6-12H,4-5H2,1-3H3,(H,22,23). The number of anilines is 1. The third kappa shape index (κ3) is 3.33. The summed E-state index contributed by atoms with van der Waals surface area (Å²) in [6, 6.07) is 12.6. The van der Waals surface area contributed by atoms with Crippen LogP contribution in [0.2, 0.25) is 0 Å². The first-order valence-electron chi connectivity index (χ1n) is 8.61. The lowest BCUT2D eigenvalue weighted by Gasteiger charge is -2.14. The van der Waals surface area contributed by atoms with E-state index in [1.165, 1.54) is 7.11 Å². The van der Waals surface area contributed by atoms with Crippen molar-refractivity contribution in [3.63, 3.8) is 0 Å². The first-order chi connectivity index (χ1) is 12.6. The Labute approximate surface area is 151 Å². The summed E-state index contributed by atoms with van der Waals surface area (Å²) in [6.45, 7) is 4.06. The summed E-state index contributed by atoms with van der Waals surface area (Å²) in [4.78, 5) is 25.0. The zero-order valence-electron chi connectivity index (χ0n) is 15.1. The molecular formula is C21H21NO4. The molecule has 0 atom stereocenters. The molecule has 0 aliphatic rings. The van der Waals surface area contributed by atoms with E-state index in [1.807, 2.05) is 32.0 Å². The molecule has 0 aliphatic carbocycles. The Morgan fingerprint density at radius 3 is 2.38 bits per heavy atom. The Morgan fingerprint density at radius 2 is 1.77 bits per heavy atom. The van der Waals surface area contributed by atoms with Gasteiger partial charge in [0.2, 0.25) is 0 Å². The molecular weight excluding hydrogens is 330 g/mol. The smallest absolute Gasteiger partial charge is 0.349 e. The first kappa shape index (κ1) is 17.7. The number of para-hydroxylation sites is 1. The van der Waals surface area contributed by atoms with Crippen molar-refractivity contribution in [3.05, 3.63) is 69.6 Å². The zero-order chi connectivity index (χ0) is 18.7. The van der Waals surface area contributed by atoms with Gasteiger partial charge in [0.05, 0.1) is 7.11 Å². The van der Waals surface area contributed by atoms with Crippen molar-refractivity contribution in [1.29, 1.82) is 0 Å². The topological polar surface area (TPSA) is 68.5 Å². The van der Waals surface area contributed by atoms with E-state index in [9.17, 15) is 9.59 Å². The molecule has 2 aromatic carbocycles. The molecule has 5 heteroatoms. The molecule has 3 aromatic rings. The van der Waals surface area contributed by atoms with Crippen LogP contribution in [-0.2, 0) is 12.8 Å². The monoisotopic (exact) mass is 351 g/mol. The minimum Gasteiger partial charge on any atom is -0.497 e. The van der Waals surface area contributed by atoms with Gasteiger partial charge in [-0.3, -0.25) is 4.79 Å². The average Bonchev–Trinajstić information content (AvgIpc) is 2.66. The van der Waals surface area contributed by atoms with Gasteiger partial charge in [0, 0.05) is 17.1 Å². The van der Waals surface area contributed by atoms with Crippen LogP contribution in [0, 0.1) is 0 Å². The molecule has 0 aliphatic heterocycles. The fourth-order valence-electron chi connectivity index (χ4n) is 2.96. The van der Waals surface area contributed by atoms with E-state index in [1.54, 1.807) is 24.3 Å². The molecule has 1 heterocycles. The van der Waals surface area contributed by atoms with E-state index in [0.29, 0.717) is 16.7 Å². The van der Waals surface area contributed by atoms with Crippen LogP contribution in [0.1, 0.15) is 35.3 Å². The maximum absolute atomic E-state index is 12.7. The Kier molecular flexibility index (Phi) is 5.07. The summed E-state index contributed by atoms with van der Waals surface area (Å²) in [5.41, 5.74) is 2.54. The molecule has 0 bridgehead atoms. The highest BCUT2D eigenvalue weighted by Crippen LogP contribution is 2.24. The number of nitrogens with one attached hydrogen (secondary N) is 1. The van der Waals surface area contributed by atoms with Gasteiger partial charge in [-0.2, -0.15) is 0 Å². The largest absolute Gasteiger partial charge is 0.497 e. The fraction of sp³-hybridized carbons (Fsp3) is 0.238. The van der Waals surface area contributed by atoms with Crippen molar-refractivity contribution in [2.24, 2.45) is 0 Å². The number of aryl methyl sites for hydroxylation is 2. The molecule has 0 saturated heterocycles. The number of benzene rings is 2. The van der Waals surface area contributed by atoms with E-state index in [2.05, 4.69) is 5.32 Å². The van der Waals surface area contributed by atoms with Gasteiger partial charge in [-0.25, -0.2) is 4.79 Å². The van der Waals surface area contributed by atoms with Crippen LogP contribution in [0.4, 0.5) is 5.69 Å². The van der Waals surface area contributed by atoms with E-state index in [0.717, 1.165) is 29.7 Å². The van der Waals surface area contributed by atoms with Crippen LogP contribution in [0.5, 0.6) is 5.75 Å². The predicted octanol–water partition coefficient (Wildman–Crippen LogP) is 4.18. The number of fused-ring (bicyclic) bond motifs is 1. The van der Waals surface area contributed by atoms with Crippen molar-refractivity contribution in [3.8, 4) is 5.75 Å². The van der Waals surface area contributed by atoms with Crippen molar-refractivity contribution in [2.75, 3.05) is 12.4 Å². The van der Waals surface area contributed by atoms with Gasteiger partial charge in [-0.05, 0) is 42.2 Å². The van der Waals surface area contributed by atoms with Gasteiger partial charge in [0.15, 0.2) is 0 Å². The first-order valence-corrected chi connectivity index (χ1v) is 8.61. The van der Waals surface area contributed by atoms with Crippen LogP contribution in [0.25, 0.3) is 11.0 Å². The quantitative estimate of drug-likeness (QED) is 0.700. The third-order valence-electron chi connectivity index (χ3n) is 4.43. The molecule has 0 spiro atoms. The summed E-state index contributed by atoms with van der Waals surface area (Å²) < 4.78 is 10.4. The molecule has 0 saturated carbocycles. The number of rotatable bonds is 5. The van der Waals surface area contributed by atoms with Crippen LogP contribution < -0.4 is 15.7 Å². The second-order valence-corrected chi connectivity index (χ2v) is 5.96. The molecule has 3 rings (SSSR count). The summed E-state index contributed by atoms with van der Waals surface area (Å²) >= 11 is 0. The summed E-state index contributed by atoms with van der Waals surface area (Å²) in [5, 5.41) is 3.56. The van der Waals surface area contributed by atoms with Gasteiger partial charge >= 0.3 is 5.63 Å². The number of amides is 1. The fourth-order valence-corrected chi connectivity index (χ4v) is 2.96. The molecule has 26 heavy (non-hydrogen) atoms. The van der Waals surface area contributed by atoms with E-state index in [4.69, 9.17) is 9.15 Å². The Bertz CT molecular complexity index is 998. The van der Waals surface area contributed by atoms with E-state index >= 15 is 0 Å². The van der Waals surface area contributed by atoms with Gasteiger partial charge in [0.1, 0.15) is 16.9 Å². The highest BCUT2D eigenvalue weighted by atomic mass is 16.5. The predicted molar refractivity (Wildman–Crippen MR) is 102 cm³/mol. The van der Waals surface area contributed by atoms with Gasteiger partial charge < -0.3 is 14.5 Å². The highest BCUT2D eigenvalue weighted by Gasteiger charge is 2.17. The summed E-state index contributed by atoms with van der Waals surface area (Å²) in [7, 11) is 1.54. The van der Waals surface area contributed by atoms with Crippen molar-refractivity contribution < 1.29 is 13.9 Å². The molecule has 1 N–H and O–H groups in total. The van der Waals surface area contributed by atoms with Gasteiger partial charge in [0.25, 0.3) is 5.91 Å². The molecule has 5 nitrogen and oxygen atoms in total. The molecule has 134 valence electrons. The van der Waals surface area contributed by atoms with Gasteiger partial charge in [-0.1, -0.05) is 32.0 Å². The zero-order valence-corrected chi connectivity index (χ0v) is 15.1. The second kappa shape index (κ2) is 7.44. The van der Waals surface area contributed by atoms with E-state index in [-0.39, 0.29) is 5.56 Å². The summed E-state index contributed by atoms with van der Waals surface area (Å²) in [6.07, 6.45) is 1.57. The number of methoxy groups -OCH3 is 1. The summed E-state index contributed by atoms with van der Waals surface area (Å²) in [5.74, 6) is 0.120. The molecule has 0 unspecified atom stereocenters. The SMILES string of the molecule is CCc1cccc(CC)c1NC(=O)c1cc2ccc(OC)cc2oc1=O. The lowest BCUT2D eigenvalue weighted by Crippen LogP contribution is -2.22. The van der Waals surface area contributed by atoms with Crippen LogP contribution in [0.3, 0.4) is 0 Å². The molecule has 0 radical (unpaired) electrons. The number of ether oxygens (including phenoxy) is 1. The van der Waals surface area contributed by atoms with Crippen molar-refractivity contribution >= 4 is 22.6 Å². The number of hydrogen-bond donors (Lipinski definition) is 1. The maximum atomic E-state index is 12.7. The van der Waals surface area contributed by atoms with Crippen LogP contribution in [-0.4, -0.2) is 13.0 Å². The number of carbonyl (C=O) groups is 1. The van der Waals surface area contributed by atoms with Gasteiger partial charge in [-0.15, -0.1) is 0 Å². The molecule has 1 amide bonds. The minimum absolute atomic E-state index is 0.0179. The van der Waals surface area contributed by atoms with Crippen LogP contribution >= 0.6 is 0 Å². The third-order valence-corrected chi connectivity index (χ3v) is 4.43. The highest BCUT2D eigenvalue weighted by molar-refractivity contribution is 6.06. The van der Waals surface area contributed by atoms with Crippen LogP contribution in [0.15, 0.2) is 51.7 Å². The number of carbonyl (C=O) groups excluding carboxylic acids is 1. The Morgan fingerprint density at radius 1 is 1.08 bits per heavy atom. The second-order valence-electron chi connectivity index (χ2n) is 5.96. The van der Waals surface area contributed by atoms with E-state index < -0.39 is 11.5 Å². The lowest BCUT2D eigenvalue weighted by atomic mass is 10.0. The van der Waals surface area contributed by atoms with Crippen molar-refractivity contribution in [2.45, 2.75) is 26.7 Å². The molecule has 0 fully saturated rings. The normalized spacial score (nSPS) is 10.7. The van der Waals surface area contributed by atoms with Crippen molar-refractivity contribution in [1.82, 2.24) is 0 Å². The Balaban J connectivity index is 2.01.